The molecule has 0 aliphatic rings. The summed E-state index contributed by atoms with van der Waals surface area (Å²) in [6.45, 7) is 1.81. The number of nitrogens with two attached hydrogens (primary N) is 1. The highest BCUT2D eigenvalue weighted by atomic mass is 79.9. The van der Waals surface area contributed by atoms with Crippen LogP contribution in [0.15, 0.2) is 27.8 Å². The van der Waals surface area contributed by atoms with Crippen LogP contribution < -0.4 is 5.84 Å². The third kappa shape index (κ3) is 2.57. The molecule has 0 radical (unpaired) electrons. The van der Waals surface area contributed by atoms with E-state index in [0.717, 1.165) is 0 Å². The summed E-state index contributed by atoms with van der Waals surface area (Å²) >= 11 is 3.12. The van der Waals surface area contributed by atoms with Gasteiger partial charge in [-0.1, -0.05) is 6.07 Å². The van der Waals surface area contributed by atoms with Crippen LogP contribution in [0.5, 0.6) is 0 Å². The molecule has 0 aliphatic heterocycles. The first-order valence-corrected chi connectivity index (χ1v) is 5.30. The second-order valence-corrected chi connectivity index (χ2v) is 3.65. The van der Waals surface area contributed by atoms with Crippen molar-refractivity contribution in [2.24, 2.45) is 10.9 Å². The van der Waals surface area contributed by atoms with Crippen LogP contribution in [0.4, 0.5) is 4.39 Å². The van der Waals surface area contributed by atoms with Crippen molar-refractivity contribution in [2.45, 2.75) is 6.92 Å². The molecule has 0 saturated carbocycles. The summed E-state index contributed by atoms with van der Waals surface area (Å²) in [4.78, 5) is 11.5. The lowest BCUT2D eigenvalue weighted by atomic mass is 10.1. The Bertz CT molecular complexity index is 415. The maximum atomic E-state index is 13.5. The van der Waals surface area contributed by atoms with Crippen molar-refractivity contribution in [3.8, 4) is 0 Å². The summed E-state index contributed by atoms with van der Waals surface area (Å²) in [7, 11) is 0. The third-order valence-electron chi connectivity index (χ3n) is 1.80. The minimum absolute atomic E-state index is 0.00319. The smallest absolute Gasteiger partial charge is 0.359 e. The van der Waals surface area contributed by atoms with E-state index in [1.807, 2.05) is 0 Å². The number of hydrazone groups is 1. The summed E-state index contributed by atoms with van der Waals surface area (Å²) in [6.07, 6.45) is 0. The Morgan fingerprint density at radius 1 is 1.62 bits per heavy atom. The minimum atomic E-state index is -0.754. The molecule has 0 amide bonds. The van der Waals surface area contributed by atoms with Gasteiger partial charge < -0.3 is 10.6 Å². The second-order valence-electron chi connectivity index (χ2n) is 2.79. The number of carbonyl (C=O) groups is 1. The van der Waals surface area contributed by atoms with Crippen LogP contribution in [0, 0.1) is 5.82 Å². The van der Waals surface area contributed by atoms with Gasteiger partial charge in [0, 0.05) is 4.47 Å². The predicted octanol–water partition coefficient (Wildman–Crippen LogP) is 1.81. The van der Waals surface area contributed by atoms with Gasteiger partial charge >= 0.3 is 5.97 Å². The molecule has 1 aromatic carbocycles. The van der Waals surface area contributed by atoms with Gasteiger partial charge in [0.25, 0.3) is 0 Å². The molecule has 0 aliphatic carbocycles. The molecule has 0 spiro atoms. The average molecular weight is 289 g/mol. The standard InChI is InChI=1S/C10H10BrFN2O2/c1-2-16-10(15)9(14-13)8-6(11)4-3-5-7(8)12/h3-5H,2,13H2,1H3/b14-9-. The Morgan fingerprint density at radius 3 is 2.81 bits per heavy atom. The molecule has 4 nitrogen and oxygen atoms in total. The number of carbonyl (C=O) groups excluding carboxylic acids is 1. The fourth-order valence-corrected chi connectivity index (χ4v) is 1.67. The predicted molar refractivity (Wildman–Crippen MR) is 61.5 cm³/mol. The zero-order chi connectivity index (χ0) is 12.1. The van der Waals surface area contributed by atoms with Crippen LogP contribution >= 0.6 is 15.9 Å². The summed E-state index contributed by atoms with van der Waals surface area (Å²) in [5.41, 5.74) is -0.240. The van der Waals surface area contributed by atoms with E-state index in [-0.39, 0.29) is 17.9 Å². The van der Waals surface area contributed by atoms with Crippen molar-refractivity contribution >= 4 is 27.6 Å². The molecule has 16 heavy (non-hydrogen) atoms. The Hall–Kier alpha value is -1.43. The molecular weight excluding hydrogens is 279 g/mol. The van der Waals surface area contributed by atoms with Crippen molar-refractivity contribution in [1.29, 1.82) is 0 Å². The molecule has 1 rings (SSSR count). The molecule has 0 atom stereocenters. The van der Waals surface area contributed by atoms with E-state index in [2.05, 4.69) is 21.0 Å². The van der Waals surface area contributed by atoms with Gasteiger partial charge in [-0.2, -0.15) is 5.10 Å². The number of nitrogens with zero attached hydrogens (tertiary/aromatic N) is 1. The lowest BCUT2D eigenvalue weighted by Gasteiger charge is -2.07. The Kier molecular flexibility index (Phi) is 4.42. The molecule has 6 heteroatoms. The highest BCUT2D eigenvalue weighted by Crippen LogP contribution is 2.20. The van der Waals surface area contributed by atoms with E-state index in [1.165, 1.54) is 12.1 Å². The van der Waals surface area contributed by atoms with Crippen LogP contribution in [0.25, 0.3) is 0 Å². The van der Waals surface area contributed by atoms with Gasteiger partial charge in [0.1, 0.15) is 5.82 Å². The number of esters is 1. The number of hydrogen-bond donors (Lipinski definition) is 1. The third-order valence-corrected chi connectivity index (χ3v) is 2.46. The maximum Gasteiger partial charge on any atom is 0.359 e. The van der Waals surface area contributed by atoms with Crippen molar-refractivity contribution in [2.75, 3.05) is 6.61 Å². The van der Waals surface area contributed by atoms with Crippen LogP contribution in [0.2, 0.25) is 0 Å². The number of hydrogen-bond acceptors (Lipinski definition) is 4. The summed E-state index contributed by atoms with van der Waals surface area (Å²) < 4.78 is 18.6. The van der Waals surface area contributed by atoms with E-state index < -0.39 is 11.8 Å². The van der Waals surface area contributed by atoms with E-state index in [0.29, 0.717) is 4.47 Å². The van der Waals surface area contributed by atoms with Gasteiger partial charge in [-0.15, -0.1) is 0 Å². The molecule has 0 aromatic heterocycles. The SMILES string of the molecule is CCOC(=O)/C(=N\N)c1c(F)cccc1Br. The number of benzene rings is 1. The van der Waals surface area contributed by atoms with Crippen molar-refractivity contribution < 1.29 is 13.9 Å². The Balaban J connectivity index is 3.20. The van der Waals surface area contributed by atoms with Gasteiger partial charge in [0.2, 0.25) is 0 Å². The Morgan fingerprint density at radius 2 is 2.31 bits per heavy atom. The van der Waals surface area contributed by atoms with Crippen molar-refractivity contribution in [3.63, 3.8) is 0 Å². The van der Waals surface area contributed by atoms with Gasteiger partial charge in [-0.05, 0) is 35.0 Å². The largest absolute Gasteiger partial charge is 0.461 e. The maximum absolute atomic E-state index is 13.5. The normalized spacial score (nSPS) is 11.3. The molecule has 0 bridgehead atoms. The summed E-state index contributed by atoms with van der Waals surface area (Å²) in [5, 5.41) is 3.27. The van der Waals surface area contributed by atoms with Gasteiger partial charge in [-0.3, -0.25) is 0 Å². The molecule has 0 unspecified atom stereocenters. The zero-order valence-electron chi connectivity index (χ0n) is 8.54. The van der Waals surface area contributed by atoms with Crippen molar-refractivity contribution in [1.82, 2.24) is 0 Å². The quantitative estimate of drug-likeness (QED) is 0.399. The van der Waals surface area contributed by atoms with E-state index in [1.54, 1.807) is 13.0 Å². The van der Waals surface area contributed by atoms with E-state index in [4.69, 9.17) is 10.6 Å². The fraction of sp³-hybridized carbons (Fsp3) is 0.200. The number of halogens is 2. The first-order valence-electron chi connectivity index (χ1n) is 4.51. The lowest BCUT2D eigenvalue weighted by molar-refractivity contribution is -0.134. The van der Waals surface area contributed by atoms with Crippen LogP contribution in [0.3, 0.4) is 0 Å². The molecule has 0 saturated heterocycles. The van der Waals surface area contributed by atoms with Gasteiger partial charge in [0.05, 0.1) is 12.2 Å². The average Bonchev–Trinajstić information content (AvgIpc) is 2.24. The number of rotatable bonds is 3. The molecular formula is C10H10BrFN2O2. The second kappa shape index (κ2) is 5.60. The van der Waals surface area contributed by atoms with Crippen molar-refractivity contribution in [3.05, 3.63) is 34.1 Å². The molecule has 0 fully saturated rings. The molecule has 86 valence electrons. The highest BCUT2D eigenvalue weighted by Gasteiger charge is 2.21. The van der Waals surface area contributed by atoms with Crippen LogP contribution in [0.1, 0.15) is 12.5 Å². The monoisotopic (exact) mass is 288 g/mol. The minimum Gasteiger partial charge on any atom is -0.461 e. The zero-order valence-corrected chi connectivity index (χ0v) is 10.1. The Labute approximate surface area is 100 Å². The van der Waals surface area contributed by atoms with Gasteiger partial charge in [-0.25, -0.2) is 9.18 Å². The molecule has 2 N–H and O–H groups in total. The lowest BCUT2D eigenvalue weighted by Crippen LogP contribution is -2.22. The summed E-state index contributed by atoms with van der Waals surface area (Å²) in [5.74, 6) is 3.73. The number of ether oxygens (including phenoxy) is 1. The van der Waals surface area contributed by atoms with Crippen LogP contribution in [-0.2, 0) is 9.53 Å². The van der Waals surface area contributed by atoms with Crippen LogP contribution in [-0.4, -0.2) is 18.3 Å². The van der Waals surface area contributed by atoms with E-state index in [9.17, 15) is 9.18 Å². The molecule has 1 aromatic rings. The first kappa shape index (κ1) is 12.6. The summed E-state index contributed by atoms with van der Waals surface area (Å²) in [6, 6.07) is 4.30. The fourth-order valence-electron chi connectivity index (χ4n) is 1.14. The van der Waals surface area contributed by atoms with Gasteiger partial charge in [0.15, 0.2) is 5.71 Å². The topological polar surface area (TPSA) is 64.7 Å². The highest BCUT2D eigenvalue weighted by molar-refractivity contribution is 9.10. The first-order chi connectivity index (χ1) is 7.61. The van der Waals surface area contributed by atoms with E-state index >= 15 is 0 Å². The molecule has 0 heterocycles.